The van der Waals surface area contributed by atoms with E-state index >= 15 is 0 Å². The molecular formula is C37H63NO9. The number of hydrogen-bond donors (Lipinski definition) is 3. The number of aliphatic hydroxyl groups is 2. The van der Waals surface area contributed by atoms with Gasteiger partial charge in [0.1, 0.15) is 17.5 Å². The summed E-state index contributed by atoms with van der Waals surface area (Å²) in [5, 5.41) is 22.8. The second kappa shape index (κ2) is 23.0. The Morgan fingerprint density at radius 2 is 1.62 bits per heavy atom. The van der Waals surface area contributed by atoms with E-state index in [1.807, 2.05) is 26.8 Å². The van der Waals surface area contributed by atoms with Crippen LogP contribution in [0.15, 0.2) is 23.8 Å². The van der Waals surface area contributed by atoms with Crippen molar-refractivity contribution >= 4 is 23.9 Å². The average Bonchev–Trinajstić information content (AvgIpc) is 3.04. The van der Waals surface area contributed by atoms with Crippen LogP contribution >= 0.6 is 0 Å². The summed E-state index contributed by atoms with van der Waals surface area (Å²) in [7, 11) is 3.38. The van der Waals surface area contributed by atoms with Gasteiger partial charge in [0.15, 0.2) is 0 Å². The minimum absolute atomic E-state index is 0.0302. The van der Waals surface area contributed by atoms with Crippen molar-refractivity contribution in [2.45, 2.75) is 111 Å². The molecular weight excluding hydrogens is 602 g/mol. The molecule has 8 unspecified atom stereocenters. The molecule has 1 rings (SSSR count). The molecule has 0 aromatic rings. The van der Waals surface area contributed by atoms with Gasteiger partial charge in [-0.05, 0) is 57.3 Å². The van der Waals surface area contributed by atoms with Crippen molar-refractivity contribution in [1.82, 2.24) is 5.32 Å². The highest BCUT2D eigenvalue weighted by Crippen LogP contribution is 2.31. The van der Waals surface area contributed by atoms with Crippen LogP contribution in [0.2, 0.25) is 0 Å². The smallest absolute Gasteiger partial charge is 0.316 e. The fourth-order valence-corrected chi connectivity index (χ4v) is 6.50. The van der Waals surface area contributed by atoms with Crippen LogP contribution in [0.25, 0.3) is 0 Å². The normalized spacial score (nSPS) is 34.3. The number of carbonyl (C=O) groups is 4. The topological polar surface area (TPSA) is 148 Å². The molecule has 1 aliphatic rings. The molecule has 47 heavy (non-hydrogen) atoms. The second-order valence-corrected chi connectivity index (χ2v) is 13.8. The molecule has 1 amide bonds. The third-order valence-corrected chi connectivity index (χ3v) is 9.88. The monoisotopic (exact) mass is 665 g/mol. The van der Waals surface area contributed by atoms with Crippen LogP contribution in [0, 0.1) is 41.4 Å². The van der Waals surface area contributed by atoms with Crippen molar-refractivity contribution in [3.8, 4) is 0 Å². The summed E-state index contributed by atoms with van der Waals surface area (Å²) in [6.45, 7) is 12.1. The minimum Gasteiger partial charge on any atom is -0.465 e. The number of esters is 1. The molecule has 10 heteroatoms. The molecule has 0 saturated carbocycles. The van der Waals surface area contributed by atoms with E-state index in [1.54, 1.807) is 33.3 Å². The first-order valence-electron chi connectivity index (χ1n) is 17.4. The van der Waals surface area contributed by atoms with E-state index in [0.29, 0.717) is 38.6 Å². The number of methoxy groups -OCH3 is 2. The summed E-state index contributed by atoms with van der Waals surface area (Å²) >= 11 is 0. The predicted octanol–water partition coefficient (Wildman–Crippen LogP) is 4.85. The largest absolute Gasteiger partial charge is 0.465 e. The zero-order valence-electron chi connectivity index (χ0n) is 30.1. The molecule has 0 bridgehead atoms. The van der Waals surface area contributed by atoms with E-state index in [4.69, 9.17) is 14.2 Å². The van der Waals surface area contributed by atoms with Gasteiger partial charge >= 0.3 is 5.97 Å². The molecule has 0 spiro atoms. The van der Waals surface area contributed by atoms with E-state index in [-0.39, 0.29) is 67.6 Å². The van der Waals surface area contributed by atoms with E-state index in [2.05, 4.69) is 19.2 Å². The number of ketones is 2. The molecule has 270 valence electrons. The van der Waals surface area contributed by atoms with Crippen LogP contribution in [0.1, 0.15) is 92.9 Å². The van der Waals surface area contributed by atoms with Gasteiger partial charge < -0.3 is 29.7 Å². The number of hydrogen-bond acceptors (Lipinski definition) is 9. The van der Waals surface area contributed by atoms with Gasteiger partial charge in [-0.3, -0.25) is 19.2 Å². The van der Waals surface area contributed by atoms with Crippen LogP contribution in [0.3, 0.4) is 0 Å². The molecule has 0 fully saturated rings. The highest BCUT2D eigenvalue weighted by Gasteiger charge is 2.36. The maximum Gasteiger partial charge on any atom is 0.316 e. The minimum atomic E-state index is -1.04. The Bertz CT molecular complexity index is 1010. The average molecular weight is 666 g/mol. The van der Waals surface area contributed by atoms with Gasteiger partial charge in [-0.1, -0.05) is 64.8 Å². The number of unbranched alkanes of at least 4 members (excludes halogenated alkanes) is 1. The number of allylic oxidation sites excluding steroid dienone is 3. The van der Waals surface area contributed by atoms with Gasteiger partial charge in [-0.15, -0.1) is 0 Å². The van der Waals surface area contributed by atoms with E-state index < -0.39 is 35.7 Å². The van der Waals surface area contributed by atoms with Crippen LogP contribution in [0.4, 0.5) is 0 Å². The first-order chi connectivity index (χ1) is 22.3. The van der Waals surface area contributed by atoms with E-state index in [0.717, 1.165) is 18.4 Å². The summed E-state index contributed by atoms with van der Waals surface area (Å²) in [5.74, 6) is -3.20. The quantitative estimate of drug-likeness (QED) is 0.0926. The van der Waals surface area contributed by atoms with Crippen LogP contribution in [-0.2, 0) is 33.4 Å². The summed E-state index contributed by atoms with van der Waals surface area (Å²) in [6, 6.07) is 0. The van der Waals surface area contributed by atoms with Gasteiger partial charge in [0.05, 0.1) is 31.5 Å². The Morgan fingerprint density at radius 3 is 2.23 bits per heavy atom. The zero-order chi connectivity index (χ0) is 35.5. The molecule has 0 radical (unpaired) electrons. The number of amides is 1. The number of Topliss-reactive ketones (excluding diaryl/α,β-unsaturated/α-hetero) is 2. The molecule has 1 heterocycles. The first kappa shape index (κ1) is 42.6. The van der Waals surface area contributed by atoms with Crippen molar-refractivity contribution in [2.75, 3.05) is 34.0 Å². The fourth-order valence-electron chi connectivity index (χ4n) is 6.50. The van der Waals surface area contributed by atoms with E-state index in [9.17, 15) is 29.4 Å². The van der Waals surface area contributed by atoms with Gasteiger partial charge in [0.2, 0.25) is 6.41 Å². The molecule has 0 saturated heterocycles. The van der Waals surface area contributed by atoms with Gasteiger partial charge in [0.25, 0.3) is 0 Å². The summed E-state index contributed by atoms with van der Waals surface area (Å²) in [5.41, 5.74) is 1.07. The summed E-state index contributed by atoms with van der Waals surface area (Å²) in [4.78, 5) is 51.3. The van der Waals surface area contributed by atoms with Crippen LogP contribution < -0.4 is 5.32 Å². The third-order valence-electron chi connectivity index (χ3n) is 9.88. The Kier molecular flexibility index (Phi) is 20.9. The van der Waals surface area contributed by atoms with Crippen LogP contribution in [0.5, 0.6) is 0 Å². The summed E-state index contributed by atoms with van der Waals surface area (Å²) in [6.07, 6.45) is 8.53. The van der Waals surface area contributed by atoms with Gasteiger partial charge in [-0.2, -0.15) is 0 Å². The van der Waals surface area contributed by atoms with Crippen molar-refractivity contribution in [3.63, 3.8) is 0 Å². The Labute approximate surface area is 283 Å². The molecule has 0 aliphatic carbocycles. The fraction of sp³-hybridized carbons (Fsp3) is 0.784. The molecule has 0 aromatic heterocycles. The van der Waals surface area contributed by atoms with Crippen LogP contribution in [-0.4, -0.2) is 86.4 Å². The first-order valence-corrected chi connectivity index (χ1v) is 17.4. The number of cyclic esters (lactones) is 1. The predicted molar refractivity (Wildman–Crippen MR) is 182 cm³/mol. The van der Waals surface area contributed by atoms with Gasteiger partial charge in [-0.25, -0.2) is 0 Å². The number of ether oxygens (including phenoxy) is 3. The zero-order valence-corrected chi connectivity index (χ0v) is 30.1. The second-order valence-electron chi connectivity index (χ2n) is 13.8. The van der Waals surface area contributed by atoms with Crippen molar-refractivity contribution in [2.24, 2.45) is 41.4 Å². The lowest BCUT2D eigenvalue weighted by molar-refractivity contribution is -0.155. The third kappa shape index (κ3) is 15.1. The van der Waals surface area contributed by atoms with Crippen molar-refractivity contribution in [1.29, 1.82) is 0 Å². The number of aliphatic hydroxyl groups excluding tert-OH is 2. The lowest BCUT2D eigenvalue weighted by Gasteiger charge is -2.34. The molecule has 10 atom stereocenters. The summed E-state index contributed by atoms with van der Waals surface area (Å²) < 4.78 is 17.6. The van der Waals surface area contributed by atoms with Crippen molar-refractivity contribution in [3.05, 3.63) is 23.8 Å². The highest BCUT2D eigenvalue weighted by molar-refractivity contribution is 6.00. The van der Waals surface area contributed by atoms with Crippen molar-refractivity contribution < 1.29 is 43.6 Å². The number of carbonyl (C=O) groups excluding carboxylic acids is 4. The lowest BCUT2D eigenvalue weighted by atomic mass is 9.78. The molecule has 1 aliphatic heterocycles. The van der Waals surface area contributed by atoms with Gasteiger partial charge in [0, 0.05) is 50.9 Å². The standard InChI is InChI=1S/C37H63NO9/c1-24-17-25(2)19-34(45-7)29(6)35(46-8)20-26(3)28(5)36(43)31(14-9-11-15-38-23-40)37(44)47-22-27(4)32(41)21-33(42)30(18-24)13-10-12-16-39/h10,12,18,23,25-32,34-35,39,41H,9,11,13-17,19-22H2,1-8H3,(H,38,40)/b12-10+,24-18+/t25?,26?,27?,28?,29-,30-,31?,32?,34?,35?/m1/s1. The molecule has 3 N–H and O–H groups in total. The Balaban J connectivity index is 3.43. The number of rotatable bonds is 11. The lowest BCUT2D eigenvalue weighted by Crippen LogP contribution is -2.38. The maximum atomic E-state index is 13.8. The molecule has 0 aromatic carbocycles. The SMILES string of the molecule is COC1CC(C)C/C(C)=C/[C@@H](C/C=C/CO)C(=O)CC(O)C(C)COC(=O)C(CCCCNC=O)C(=O)C(C)C(C)CC(OC)[C@@H]1C. The van der Waals surface area contributed by atoms with E-state index in [1.165, 1.54) is 0 Å². The Morgan fingerprint density at radius 1 is 0.957 bits per heavy atom. The maximum absolute atomic E-state index is 13.8. The highest BCUT2D eigenvalue weighted by atomic mass is 16.5. The molecule has 10 nitrogen and oxygen atoms in total. The Hall–Kier alpha value is -2.40. The number of nitrogens with one attached hydrogen (secondary N) is 1.